The fourth-order valence-corrected chi connectivity index (χ4v) is 14.4. The molecule has 0 bridgehead atoms. The van der Waals surface area contributed by atoms with Crippen molar-refractivity contribution in [1.82, 2.24) is 0 Å². The molecule has 0 atom stereocenters. The molecule has 2 aliphatic rings. The van der Waals surface area contributed by atoms with Crippen molar-refractivity contribution >= 4 is 34.1 Å². The van der Waals surface area contributed by atoms with Crippen LogP contribution in [0.2, 0.25) is 16.6 Å². The molecule has 0 amide bonds. The second-order valence-corrected chi connectivity index (χ2v) is 17.7. The van der Waals surface area contributed by atoms with Crippen LogP contribution in [0.3, 0.4) is 0 Å². The van der Waals surface area contributed by atoms with Gasteiger partial charge in [-0.15, -0.1) is 0 Å². The van der Waals surface area contributed by atoms with E-state index in [1.165, 1.54) is 0 Å². The van der Waals surface area contributed by atoms with Crippen LogP contribution >= 0.6 is 15.9 Å². The molecule has 142 valence electrons. The van der Waals surface area contributed by atoms with E-state index in [0.29, 0.717) is 35.0 Å². The van der Waals surface area contributed by atoms with Crippen molar-refractivity contribution in [3.05, 3.63) is 0 Å². The predicted octanol–water partition coefficient (Wildman–Crippen LogP) is 5.44. The van der Waals surface area contributed by atoms with E-state index < -0.39 is 27.6 Å². The van der Waals surface area contributed by atoms with Crippen LogP contribution in [0.4, 0.5) is 0 Å². The molecule has 0 radical (unpaired) electrons. The van der Waals surface area contributed by atoms with E-state index in [1.807, 2.05) is 0 Å². The highest BCUT2D eigenvalue weighted by Crippen LogP contribution is 2.58. The standard InChI is InChI=1S/C18H35BrO3SSi/c1-14(2)24(15(3)4,16(5)6)22-12-11-17(7-8-17)23(20,21)18(13-19)9-10-18/h14-16H,7-13H2,1-6H3. The van der Waals surface area contributed by atoms with Crippen LogP contribution in [0.5, 0.6) is 0 Å². The third kappa shape index (κ3) is 3.18. The van der Waals surface area contributed by atoms with E-state index in [0.717, 1.165) is 25.7 Å². The summed E-state index contributed by atoms with van der Waals surface area (Å²) in [7, 11) is -4.96. The summed E-state index contributed by atoms with van der Waals surface area (Å²) in [5, 5.41) is 0.591. The van der Waals surface area contributed by atoms with E-state index in [4.69, 9.17) is 4.43 Å². The van der Waals surface area contributed by atoms with Gasteiger partial charge >= 0.3 is 0 Å². The third-order valence-corrected chi connectivity index (χ3v) is 17.6. The van der Waals surface area contributed by atoms with E-state index in [-0.39, 0.29) is 0 Å². The number of hydrogen-bond acceptors (Lipinski definition) is 3. The van der Waals surface area contributed by atoms with Crippen molar-refractivity contribution in [3.63, 3.8) is 0 Å². The third-order valence-electron chi connectivity index (χ3n) is 6.62. The van der Waals surface area contributed by atoms with Gasteiger partial charge in [-0.3, -0.25) is 0 Å². The van der Waals surface area contributed by atoms with Crippen LogP contribution in [0.1, 0.15) is 73.6 Å². The lowest BCUT2D eigenvalue weighted by molar-refractivity contribution is 0.267. The van der Waals surface area contributed by atoms with Crippen LogP contribution in [0, 0.1) is 0 Å². The van der Waals surface area contributed by atoms with Crippen molar-refractivity contribution in [2.75, 3.05) is 11.9 Å². The zero-order valence-corrected chi connectivity index (χ0v) is 19.6. The minimum absolute atomic E-state index is 0.466. The van der Waals surface area contributed by atoms with Gasteiger partial charge in [0.2, 0.25) is 0 Å². The summed E-state index contributed by atoms with van der Waals surface area (Å²) in [5.41, 5.74) is 1.63. The summed E-state index contributed by atoms with van der Waals surface area (Å²) in [5.74, 6) is 0. The quantitative estimate of drug-likeness (QED) is 0.336. The first-order chi connectivity index (χ1) is 11.0. The van der Waals surface area contributed by atoms with Crippen molar-refractivity contribution in [2.45, 2.75) is 99.8 Å². The number of sulfone groups is 1. The Morgan fingerprint density at radius 1 is 0.917 bits per heavy atom. The lowest BCUT2D eigenvalue weighted by atomic mass is 10.3. The fraction of sp³-hybridized carbons (Fsp3) is 1.00. The molecule has 3 nitrogen and oxygen atoms in total. The number of hydrogen-bond donors (Lipinski definition) is 0. The molecular weight excluding hydrogens is 404 g/mol. The molecule has 0 unspecified atom stereocenters. The molecule has 2 aliphatic carbocycles. The zero-order valence-electron chi connectivity index (χ0n) is 16.2. The summed E-state index contributed by atoms with van der Waals surface area (Å²) in [6, 6.07) is 0. The summed E-state index contributed by atoms with van der Waals surface area (Å²) < 4.78 is 31.9. The van der Waals surface area contributed by atoms with Gasteiger partial charge in [-0.05, 0) is 48.7 Å². The Kier molecular flexibility index (Phi) is 6.07. The van der Waals surface area contributed by atoms with Gasteiger partial charge in [0, 0.05) is 11.9 Å². The Morgan fingerprint density at radius 3 is 1.62 bits per heavy atom. The Bertz CT molecular complexity index is 527. The van der Waals surface area contributed by atoms with Crippen LogP contribution in [0.25, 0.3) is 0 Å². The summed E-state index contributed by atoms with van der Waals surface area (Å²) in [6.07, 6.45) is 3.99. The summed E-state index contributed by atoms with van der Waals surface area (Å²) >= 11 is 3.44. The monoisotopic (exact) mass is 438 g/mol. The molecule has 0 aromatic heterocycles. The number of alkyl halides is 1. The molecule has 0 spiro atoms. The van der Waals surface area contributed by atoms with Gasteiger partial charge in [0.15, 0.2) is 18.2 Å². The van der Waals surface area contributed by atoms with E-state index in [9.17, 15) is 8.42 Å². The maximum atomic E-state index is 13.1. The maximum Gasteiger partial charge on any atom is 0.200 e. The molecule has 0 aromatic rings. The highest BCUT2D eigenvalue weighted by Gasteiger charge is 2.66. The molecule has 0 aromatic carbocycles. The van der Waals surface area contributed by atoms with Crippen LogP contribution in [-0.2, 0) is 14.3 Å². The van der Waals surface area contributed by atoms with Crippen molar-refractivity contribution in [2.24, 2.45) is 0 Å². The van der Waals surface area contributed by atoms with Crippen LogP contribution < -0.4 is 0 Å². The minimum atomic E-state index is -3.06. The number of rotatable bonds is 10. The molecule has 6 heteroatoms. The van der Waals surface area contributed by atoms with Gasteiger partial charge in [0.25, 0.3) is 0 Å². The van der Waals surface area contributed by atoms with Gasteiger partial charge in [-0.1, -0.05) is 57.5 Å². The lowest BCUT2D eigenvalue weighted by Gasteiger charge is -2.42. The highest BCUT2D eigenvalue weighted by molar-refractivity contribution is 9.09. The molecular formula is C18H35BrO3SSi. The number of halogens is 1. The Morgan fingerprint density at radius 2 is 1.33 bits per heavy atom. The topological polar surface area (TPSA) is 43.4 Å². The first-order valence-electron chi connectivity index (χ1n) is 9.45. The molecule has 2 rings (SSSR count). The molecule has 0 N–H and O–H groups in total. The van der Waals surface area contributed by atoms with Crippen molar-refractivity contribution in [1.29, 1.82) is 0 Å². The van der Waals surface area contributed by atoms with E-state index in [1.54, 1.807) is 0 Å². The molecule has 2 saturated carbocycles. The molecule has 0 saturated heterocycles. The Labute approximate surface area is 158 Å². The highest BCUT2D eigenvalue weighted by atomic mass is 79.9. The van der Waals surface area contributed by atoms with Gasteiger partial charge in [-0.2, -0.15) is 0 Å². The maximum absolute atomic E-state index is 13.1. The minimum Gasteiger partial charge on any atom is -0.416 e. The zero-order chi connectivity index (χ0) is 18.4. The second kappa shape index (κ2) is 6.97. The van der Waals surface area contributed by atoms with Crippen LogP contribution in [0.15, 0.2) is 0 Å². The predicted molar refractivity (Wildman–Crippen MR) is 108 cm³/mol. The summed E-state index contributed by atoms with van der Waals surface area (Å²) in [4.78, 5) is 0. The Hall–Kier alpha value is 0.607. The SMILES string of the molecule is CC(C)[Si](OCCC1(S(=O)(=O)C2(CBr)CC2)CC1)(C(C)C)C(C)C. The fourth-order valence-electron chi connectivity index (χ4n) is 4.78. The van der Waals surface area contributed by atoms with E-state index in [2.05, 4.69) is 57.5 Å². The van der Waals surface area contributed by atoms with Gasteiger partial charge in [0.1, 0.15) is 0 Å². The van der Waals surface area contributed by atoms with Gasteiger partial charge in [0.05, 0.1) is 9.49 Å². The van der Waals surface area contributed by atoms with Crippen LogP contribution in [-0.4, -0.2) is 38.2 Å². The second-order valence-electron chi connectivity index (χ2n) is 8.92. The smallest absolute Gasteiger partial charge is 0.200 e. The lowest BCUT2D eigenvalue weighted by Crippen LogP contribution is -2.48. The first kappa shape index (κ1) is 20.9. The molecule has 0 aliphatic heterocycles. The largest absolute Gasteiger partial charge is 0.416 e. The van der Waals surface area contributed by atoms with Crippen molar-refractivity contribution < 1.29 is 12.8 Å². The van der Waals surface area contributed by atoms with Gasteiger partial charge < -0.3 is 4.43 Å². The first-order valence-corrected chi connectivity index (χ1v) is 14.2. The molecule has 2 fully saturated rings. The van der Waals surface area contributed by atoms with Gasteiger partial charge in [-0.25, -0.2) is 8.42 Å². The summed E-state index contributed by atoms with van der Waals surface area (Å²) in [6.45, 7) is 14.3. The van der Waals surface area contributed by atoms with E-state index >= 15 is 0 Å². The molecule has 0 heterocycles. The normalized spacial score (nSPS) is 22.4. The average molecular weight is 440 g/mol. The van der Waals surface area contributed by atoms with Crippen molar-refractivity contribution in [3.8, 4) is 0 Å². The Balaban J connectivity index is 2.08. The average Bonchev–Trinajstić information content (AvgIpc) is 3.36. The molecule has 24 heavy (non-hydrogen) atoms.